The van der Waals surface area contributed by atoms with E-state index < -0.39 is 24.2 Å². The van der Waals surface area contributed by atoms with Gasteiger partial charge in [0.1, 0.15) is 6.29 Å². The van der Waals surface area contributed by atoms with E-state index in [0.29, 0.717) is 19.3 Å². The first-order valence-corrected chi connectivity index (χ1v) is 15.0. The van der Waals surface area contributed by atoms with Crippen molar-refractivity contribution in [3.05, 3.63) is 0 Å². The van der Waals surface area contributed by atoms with Crippen LogP contribution in [0.2, 0.25) is 0 Å². The number of carbonyl (C=O) groups excluding carboxylic acids is 5. The molecule has 0 aromatic carbocycles. The van der Waals surface area contributed by atoms with Crippen molar-refractivity contribution in [2.24, 2.45) is 17.8 Å². The lowest BCUT2D eigenvalue weighted by molar-refractivity contribution is -0.146. The van der Waals surface area contributed by atoms with E-state index in [9.17, 15) is 24.0 Å². The summed E-state index contributed by atoms with van der Waals surface area (Å²) in [7, 11) is 8.41. The van der Waals surface area contributed by atoms with E-state index in [1.807, 2.05) is 46.7 Å². The number of nitrogens with zero attached hydrogens (tertiary/aromatic N) is 3. The first kappa shape index (κ1) is 37.5. The summed E-state index contributed by atoms with van der Waals surface area (Å²) in [5, 5.41) is 5.35. The van der Waals surface area contributed by atoms with Gasteiger partial charge in [-0.15, -0.1) is 0 Å². The lowest BCUT2D eigenvalue weighted by atomic mass is 9.90. The number of aldehydes is 1. The number of ether oxygens (including phenoxy) is 2. The van der Waals surface area contributed by atoms with Crippen molar-refractivity contribution in [3.8, 4) is 0 Å². The van der Waals surface area contributed by atoms with E-state index >= 15 is 0 Å². The van der Waals surface area contributed by atoms with Gasteiger partial charge < -0.3 is 34.7 Å². The number of amides is 4. The van der Waals surface area contributed by atoms with Gasteiger partial charge in [0.15, 0.2) is 0 Å². The smallest absolute Gasteiger partial charge is 0.242 e. The number of likely N-dealkylation sites (tertiary alicyclic amines) is 1. The van der Waals surface area contributed by atoms with Crippen molar-refractivity contribution < 1.29 is 33.4 Å². The maximum atomic E-state index is 13.7. The van der Waals surface area contributed by atoms with Crippen LogP contribution in [-0.4, -0.2) is 130 Å². The highest BCUT2D eigenvalue weighted by molar-refractivity contribution is 5.87. The van der Waals surface area contributed by atoms with Crippen molar-refractivity contribution in [2.45, 2.75) is 90.6 Å². The summed E-state index contributed by atoms with van der Waals surface area (Å²) in [6.45, 7) is 9.98. The monoisotopic (exact) mass is 597 g/mol. The lowest BCUT2D eigenvalue weighted by Gasteiger charge is -2.39. The number of carbonyl (C=O) groups is 5. The Morgan fingerprint density at radius 1 is 1.00 bits per heavy atom. The SMILES string of the molecule is CC[C@H](C)C(C(CC(=O)N1CCCC1C(OC)C(C)C(=O)NCC=O)OC)N(C)C(=O)CNC(=O)C(C(C)C)N(C)C. The van der Waals surface area contributed by atoms with E-state index in [1.54, 1.807) is 23.8 Å². The Bertz CT molecular complexity index is 891. The first-order chi connectivity index (χ1) is 19.8. The van der Waals surface area contributed by atoms with Crippen LogP contribution >= 0.6 is 0 Å². The second-order valence-electron chi connectivity index (χ2n) is 11.9. The number of rotatable bonds is 18. The van der Waals surface area contributed by atoms with Crippen molar-refractivity contribution in [3.63, 3.8) is 0 Å². The number of hydrogen-bond donors (Lipinski definition) is 2. The molecule has 1 heterocycles. The highest BCUT2D eigenvalue weighted by Crippen LogP contribution is 2.29. The fourth-order valence-electron chi connectivity index (χ4n) is 6.15. The Labute approximate surface area is 252 Å². The normalized spacial score (nSPS) is 19.5. The number of nitrogens with one attached hydrogen (secondary N) is 2. The Morgan fingerprint density at radius 2 is 1.64 bits per heavy atom. The van der Waals surface area contributed by atoms with Gasteiger partial charge in [0.05, 0.1) is 55.8 Å². The van der Waals surface area contributed by atoms with Gasteiger partial charge in [0.2, 0.25) is 23.6 Å². The molecule has 0 saturated carbocycles. The van der Waals surface area contributed by atoms with Gasteiger partial charge in [-0.25, -0.2) is 0 Å². The molecule has 1 saturated heterocycles. The molecule has 1 aliphatic heterocycles. The van der Waals surface area contributed by atoms with Crippen LogP contribution in [0.4, 0.5) is 0 Å². The third-order valence-electron chi connectivity index (χ3n) is 8.53. The molecule has 12 heteroatoms. The Balaban J connectivity index is 3.06. The van der Waals surface area contributed by atoms with Crippen molar-refractivity contribution >= 4 is 29.9 Å². The van der Waals surface area contributed by atoms with Gasteiger partial charge in [0, 0.05) is 27.8 Å². The largest absolute Gasteiger partial charge is 0.379 e. The van der Waals surface area contributed by atoms with Gasteiger partial charge in [-0.1, -0.05) is 41.0 Å². The number of methoxy groups -OCH3 is 2. The van der Waals surface area contributed by atoms with Gasteiger partial charge in [-0.3, -0.25) is 24.1 Å². The maximum Gasteiger partial charge on any atom is 0.242 e. The molecule has 2 N–H and O–H groups in total. The minimum atomic E-state index is -0.585. The van der Waals surface area contributed by atoms with Crippen molar-refractivity contribution in [1.82, 2.24) is 25.3 Å². The minimum Gasteiger partial charge on any atom is -0.379 e. The summed E-state index contributed by atoms with van der Waals surface area (Å²) < 4.78 is 11.6. The maximum absolute atomic E-state index is 13.7. The Kier molecular flexibility index (Phi) is 16.2. The average molecular weight is 598 g/mol. The molecule has 0 bridgehead atoms. The van der Waals surface area contributed by atoms with Gasteiger partial charge in [0.25, 0.3) is 0 Å². The minimum absolute atomic E-state index is 0.0141. The topological polar surface area (TPSA) is 138 Å². The molecule has 4 amide bonds. The summed E-state index contributed by atoms with van der Waals surface area (Å²) in [4.78, 5) is 68.3. The Hall–Kier alpha value is -2.57. The number of likely N-dealkylation sites (N-methyl/N-ethyl adjacent to an activating group) is 2. The second-order valence-corrected chi connectivity index (χ2v) is 11.9. The van der Waals surface area contributed by atoms with Crippen LogP contribution in [0.25, 0.3) is 0 Å². The molecule has 1 fully saturated rings. The summed E-state index contributed by atoms with van der Waals surface area (Å²) in [5.41, 5.74) is 0. The molecule has 7 atom stereocenters. The summed E-state index contributed by atoms with van der Waals surface area (Å²) >= 11 is 0. The zero-order valence-electron chi connectivity index (χ0n) is 27.3. The molecule has 0 aromatic heterocycles. The quantitative estimate of drug-likeness (QED) is 0.223. The number of hydrogen-bond acceptors (Lipinski definition) is 8. The molecule has 1 aliphatic rings. The molecular formula is C30H55N5O7. The van der Waals surface area contributed by atoms with Crippen molar-refractivity contribution in [2.75, 3.05) is 55.0 Å². The molecule has 12 nitrogen and oxygen atoms in total. The standard InChI is InChI=1S/C30H55N5O7/c1-11-20(4)27(34(8)25(38)18-32-30(40)26(19(2)3)33(6)7)23(41-9)17-24(37)35-15-12-13-22(35)28(42-10)21(5)29(39)31-14-16-36/h16,19-23,26-28H,11-15,17-18H2,1-10H3,(H,31,39)(H,32,40)/t20-,21?,22?,23?,26?,27?,28?/m0/s1. The fraction of sp³-hybridized carbons (Fsp3) is 0.833. The molecule has 242 valence electrons. The van der Waals surface area contributed by atoms with Gasteiger partial charge in [-0.05, 0) is 38.8 Å². The van der Waals surface area contributed by atoms with E-state index in [2.05, 4.69) is 10.6 Å². The lowest BCUT2D eigenvalue weighted by Crippen LogP contribution is -2.55. The van der Waals surface area contributed by atoms with Gasteiger partial charge in [-0.2, -0.15) is 0 Å². The summed E-state index contributed by atoms with van der Waals surface area (Å²) in [5.74, 6) is -1.40. The summed E-state index contributed by atoms with van der Waals surface area (Å²) in [6.07, 6.45) is 1.75. The third-order valence-corrected chi connectivity index (χ3v) is 8.53. The first-order valence-electron chi connectivity index (χ1n) is 15.0. The van der Waals surface area contributed by atoms with Crippen LogP contribution in [0, 0.1) is 17.8 Å². The van der Waals surface area contributed by atoms with E-state index in [-0.39, 0.29) is 67.1 Å². The second kappa shape index (κ2) is 18.2. The highest BCUT2D eigenvalue weighted by atomic mass is 16.5. The molecule has 1 rings (SSSR count). The van der Waals surface area contributed by atoms with Crippen LogP contribution in [0.5, 0.6) is 0 Å². The molecular weight excluding hydrogens is 542 g/mol. The molecule has 42 heavy (non-hydrogen) atoms. The molecule has 0 radical (unpaired) electrons. The van der Waals surface area contributed by atoms with Crippen molar-refractivity contribution in [1.29, 1.82) is 0 Å². The highest BCUT2D eigenvalue weighted by Gasteiger charge is 2.42. The zero-order chi connectivity index (χ0) is 32.1. The van der Waals surface area contributed by atoms with Crippen LogP contribution in [-0.2, 0) is 33.4 Å². The predicted octanol–water partition coefficient (Wildman–Crippen LogP) is 0.924. The Morgan fingerprint density at radius 3 is 2.14 bits per heavy atom. The van der Waals surface area contributed by atoms with Crippen LogP contribution in [0.1, 0.15) is 60.3 Å². The van der Waals surface area contributed by atoms with E-state index in [4.69, 9.17) is 9.47 Å². The molecule has 0 spiro atoms. The van der Waals surface area contributed by atoms with E-state index in [0.717, 1.165) is 12.8 Å². The van der Waals surface area contributed by atoms with Crippen LogP contribution in [0.3, 0.4) is 0 Å². The molecule has 0 aliphatic carbocycles. The molecule has 6 unspecified atom stereocenters. The van der Waals surface area contributed by atoms with E-state index in [1.165, 1.54) is 14.2 Å². The van der Waals surface area contributed by atoms with Gasteiger partial charge >= 0.3 is 0 Å². The predicted molar refractivity (Wildman–Crippen MR) is 161 cm³/mol. The van der Waals surface area contributed by atoms with Crippen LogP contribution in [0.15, 0.2) is 0 Å². The average Bonchev–Trinajstić information content (AvgIpc) is 3.43. The third kappa shape index (κ3) is 10.0. The zero-order valence-corrected chi connectivity index (χ0v) is 27.3. The summed E-state index contributed by atoms with van der Waals surface area (Å²) in [6, 6.07) is -1.07. The molecule has 0 aromatic rings. The van der Waals surface area contributed by atoms with Crippen LogP contribution < -0.4 is 10.6 Å². The fourth-order valence-corrected chi connectivity index (χ4v) is 6.15.